The number of hydrogen-bond donors (Lipinski definition) is 2. The molecule has 2 N–H and O–H groups in total. The quantitative estimate of drug-likeness (QED) is 0.887. The van der Waals surface area contributed by atoms with Crippen LogP contribution < -0.4 is 10.6 Å². The lowest BCUT2D eigenvalue weighted by Gasteiger charge is -2.17. The average Bonchev–Trinajstić information content (AvgIpc) is 2.88. The molecule has 2 atom stereocenters. The highest BCUT2D eigenvalue weighted by molar-refractivity contribution is 5.94. The van der Waals surface area contributed by atoms with Gasteiger partial charge in [0, 0.05) is 5.69 Å². The van der Waals surface area contributed by atoms with E-state index < -0.39 is 0 Å². The second-order valence-corrected chi connectivity index (χ2v) is 5.27. The van der Waals surface area contributed by atoms with Gasteiger partial charge in [-0.3, -0.25) is 10.1 Å². The Kier molecular flexibility index (Phi) is 4.75. The molecular weight excluding hydrogens is 266 g/mol. The van der Waals surface area contributed by atoms with Crippen LogP contribution in [0, 0.1) is 13.8 Å². The van der Waals surface area contributed by atoms with E-state index in [1.54, 1.807) is 6.20 Å². The normalized spacial score (nSPS) is 13.7. The van der Waals surface area contributed by atoms with Crippen LogP contribution in [-0.4, -0.2) is 16.9 Å². The monoisotopic (exact) mass is 287 g/mol. The highest BCUT2D eigenvalue weighted by Crippen LogP contribution is 2.13. The Morgan fingerprint density at radius 1 is 1.19 bits per heavy atom. The van der Waals surface area contributed by atoms with Crippen molar-refractivity contribution in [3.8, 4) is 0 Å². The first-order valence-corrected chi connectivity index (χ1v) is 7.01. The summed E-state index contributed by atoms with van der Waals surface area (Å²) in [6.07, 6.45) is 1.67. The molecule has 0 aliphatic rings. The van der Waals surface area contributed by atoms with Crippen molar-refractivity contribution in [3.05, 3.63) is 47.7 Å². The molecule has 1 heterocycles. The number of oxazole rings is 1. The maximum Gasteiger partial charge on any atom is 0.241 e. The molecule has 0 spiro atoms. The molecule has 5 heteroatoms. The molecule has 0 fully saturated rings. The van der Waals surface area contributed by atoms with Crippen LogP contribution in [0.4, 0.5) is 5.69 Å². The summed E-state index contributed by atoms with van der Waals surface area (Å²) in [5, 5.41) is 6.05. The van der Waals surface area contributed by atoms with Gasteiger partial charge >= 0.3 is 0 Å². The van der Waals surface area contributed by atoms with Crippen LogP contribution in [0.1, 0.15) is 37.1 Å². The molecule has 0 aliphatic heterocycles. The molecule has 0 radical (unpaired) electrons. The summed E-state index contributed by atoms with van der Waals surface area (Å²) in [5.74, 6) is 1.26. The fourth-order valence-corrected chi connectivity index (χ4v) is 1.98. The average molecular weight is 287 g/mol. The van der Waals surface area contributed by atoms with Crippen molar-refractivity contribution >= 4 is 11.6 Å². The second kappa shape index (κ2) is 6.54. The van der Waals surface area contributed by atoms with Crippen LogP contribution in [-0.2, 0) is 4.79 Å². The smallest absolute Gasteiger partial charge is 0.241 e. The van der Waals surface area contributed by atoms with E-state index >= 15 is 0 Å². The summed E-state index contributed by atoms with van der Waals surface area (Å²) >= 11 is 0. The molecule has 2 aromatic rings. The van der Waals surface area contributed by atoms with E-state index in [0.29, 0.717) is 5.89 Å². The molecule has 5 nitrogen and oxygen atoms in total. The molecule has 0 bridgehead atoms. The van der Waals surface area contributed by atoms with Crippen molar-refractivity contribution in [2.24, 2.45) is 0 Å². The van der Waals surface area contributed by atoms with Gasteiger partial charge in [0.2, 0.25) is 11.8 Å². The number of nitrogens with one attached hydrogen (secondary N) is 2. The van der Waals surface area contributed by atoms with Crippen molar-refractivity contribution in [1.82, 2.24) is 10.3 Å². The van der Waals surface area contributed by atoms with E-state index in [-0.39, 0.29) is 18.0 Å². The van der Waals surface area contributed by atoms with E-state index in [1.807, 2.05) is 52.0 Å². The minimum atomic E-state index is -0.353. The van der Waals surface area contributed by atoms with Crippen molar-refractivity contribution < 1.29 is 9.21 Å². The third kappa shape index (κ3) is 4.16. The van der Waals surface area contributed by atoms with Gasteiger partial charge in [-0.15, -0.1) is 0 Å². The number of rotatable bonds is 5. The van der Waals surface area contributed by atoms with Crippen LogP contribution in [0.25, 0.3) is 0 Å². The molecule has 0 aliphatic carbocycles. The molecule has 21 heavy (non-hydrogen) atoms. The van der Waals surface area contributed by atoms with Crippen LogP contribution >= 0.6 is 0 Å². The third-order valence-electron chi connectivity index (χ3n) is 3.22. The zero-order valence-electron chi connectivity index (χ0n) is 12.8. The van der Waals surface area contributed by atoms with Gasteiger partial charge in [0.15, 0.2) is 0 Å². The highest BCUT2D eigenvalue weighted by atomic mass is 16.4. The topological polar surface area (TPSA) is 67.2 Å². The predicted octanol–water partition coefficient (Wildman–Crippen LogP) is 2.97. The molecule has 1 amide bonds. The fraction of sp³-hybridized carbons (Fsp3) is 0.375. The number of aromatic nitrogens is 1. The fourth-order valence-electron chi connectivity index (χ4n) is 1.98. The molecule has 2 unspecified atom stereocenters. The summed E-state index contributed by atoms with van der Waals surface area (Å²) < 4.78 is 5.45. The third-order valence-corrected chi connectivity index (χ3v) is 3.22. The molecule has 1 aromatic heterocycles. The number of hydrogen-bond acceptors (Lipinski definition) is 4. The maximum atomic E-state index is 12.1. The Morgan fingerprint density at radius 3 is 2.43 bits per heavy atom. The summed E-state index contributed by atoms with van der Waals surface area (Å²) in [6, 6.07) is 7.23. The SMILES string of the molecule is Cc1ccc(NC(=O)C(C)NC(C)c2ncc(C)o2)cc1. The number of benzene rings is 1. The summed E-state index contributed by atoms with van der Waals surface area (Å²) in [5.41, 5.74) is 1.95. The van der Waals surface area contributed by atoms with Gasteiger partial charge in [-0.2, -0.15) is 0 Å². The van der Waals surface area contributed by atoms with E-state index in [1.165, 1.54) is 0 Å². The van der Waals surface area contributed by atoms with Gasteiger partial charge in [0.05, 0.1) is 18.3 Å². The molecule has 0 saturated heterocycles. The van der Waals surface area contributed by atoms with Gasteiger partial charge in [0.1, 0.15) is 5.76 Å². The first-order chi connectivity index (χ1) is 9.95. The molecule has 0 saturated carbocycles. The summed E-state index contributed by atoms with van der Waals surface area (Å²) in [6.45, 7) is 7.59. The largest absolute Gasteiger partial charge is 0.444 e. The van der Waals surface area contributed by atoms with Gasteiger partial charge in [-0.05, 0) is 39.8 Å². The second-order valence-electron chi connectivity index (χ2n) is 5.27. The lowest BCUT2D eigenvalue weighted by Crippen LogP contribution is -2.39. The van der Waals surface area contributed by atoms with E-state index in [2.05, 4.69) is 15.6 Å². The highest BCUT2D eigenvalue weighted by Gasteiger charge is 2.19. The standard InChI is InChI=1S/C16H21N3O2/c1-10-5-7-14(8-6-10)19-15(20)12(3)18-13(4)16-17-9-11(2)21-16/h5-9,12-13,18H,1-4H3,(H,19,20). The Hall–Kier alpha value is -2.14. The van der Waals surface area contributed by atoms with Crippen LogP contribution in [0.3, 0.4) is 0 Å². The Morgan fingerprint density at radius 2 is 1.86 bits per heavy atom. The van der Waals surface area contributed by atoms with Crippen LogP contribution in [0.5, 0.6) is 0 Å². The molecule has 1 aromatic carbocycles. The Labute approximate surface area is 124 Å². The van der Waals surface area contributed by atoms with Crippen molar-refractivity contribution in [2.45, 2.75) is 39.8 Å². The Bertz CT molecular complexity index is 604. The van der Waals surface area contributed by atoms with Crippen molar-refractivity contribution in [1.29, 1.82) is 0 Å². The maximum absolute atomic E-state index is 12.1. The predicted molar refractivity (Wildman–Crippen MR) is 82.1 cm³/mol. The number of nitrogens with zero attached hydrogens (tertiary/aromatic N) is 1. The number of carbonyl (C=O) groups excluding carboxylic acids is 1. The number of carbonyl (C=O) groups is 1. The van der Waals surface area contributed by atoms with Crippen molar-refractivity contribution in [2.75, 3.05) is 5.32 Å². The first-order valence-electron chi connectivity index (χ1n) is 7.01. The van der Waals surface area contributed by atoms with Gasteiger partial charge < -0.3 is 9.73 Å². The molecule has 2 rings (SSSR count). The van der Waals surface area contributed by atoms with E-state index in [4.69, 9.17) is 4.42 Å². The van der Waals surface area contributed by atoms with Crippen LogP contribution in [0.2, 0.25) is 0 Å². The minimum absolute atomic E-state index is 0.0889. The Balaban J connectivity index is 1.91. The van der Waals surface area contributed by atoms with Gasteiger partial charge in [-0.1, -0.05) is 17.7 Å². The van der Waals surface area contributed by atoms with E-state index in [9.17, 15) is 4.79 Å². The van der Waals surface area contributed by atoms with Gasteiger partial charge in [0.25, 0.3) is 0 Å². The minimum Gasteiger partial charge on any atom is -0.444 e. The van der Waals surface area contributed by atoms with Crippen molar-refractivity contribution in [3.63, 3.8) is 0 Å². The first kappa shape index (κ1) is 15.3. The number of amides is 1. The summed E-state index contributed by atoms with van der Waals surface area (Å²) in [7, 11) is 0. The van der Waals surface area contributed by atoms with E-state index in [0.717, 1.165) is 17.0 Å². The zero-order chi connectivity index (χ0) is 15.4. The lowest BCUT2D eigenvalue weighted by atomic mass is 10.2. The van der Waals surface area contributed by atoms with Gasteiger partial charge in [-0.25, -0.2) is 4.98 Å². The molecule has 112 valence electrons. The number of aryl methyl sites for hydroxylation is 2. The number of anilines is 1. The summed E-state index contributed by atoms with van der Waals surface area (Å²) in [4.78, 5) is 16.3. The molecular formula is C16H21N3O2. The zero-order valence-corrected chi connectivity index (χ0v) is 12.8. The lowest BCUT2D eigenvalue weighted by molar-refractivity contribution is -0.118. The van der Waals surface area contributed by atoms with Crippen LogP contribution in [0.15, 0.2) is 34.9 Å².